The Morgan fingerprint density at radius 2 is 1.89 bits per heavy atom. The minimum Gasteiger partial charge on any atom is -0.474 e. The Morgan fingerprint density at radius 1 is 1.16 bits per heavy atom. The van der Waals surface area contributed by atoms with Crippen molar-refractivity contribution in [3.63, 3.8) is 0 Å². The summed E-state index contributed by atoms with van der Waals surface area (Å²) >= 11 is 1.59. The molecule has 0 aromatic carbocycles. The highest BCUT2D eigenvalue weighted by atomic mass is 32.2. The number of amides is 2. The number of carbonyl (C=O) groups excluding carboxylic acids is 2. The first-order valence-electron chi connectivity index (χ1n) is 14.2. The van der Waals surface area contributed by atoms with E-state index in [9.17, 15) is 9.59 Å². The molecule has 210 valence electrons. The summed E-state index contributed by atoms with van der Waals surface area (Å²) in [6, 6.07) is 0.118. The first kappa shape index (κ1) is 29.8. The molecule has 4 unspecified atom stereocenters. The summed E-state index contributed by atoms with van der Waals surface area (Å²) in [7, 11) is 0. The highest BCUT2D eigenvalue weighted by Gasteiger charge is 2.37. The van der Waals surface area contributed by atoms with Gasteiger partial charge in [0, 0.05) is 24.9 Å². The van der Waals surface area contributed by atoms with Crippen LogP contribution in [0.2, 0.25) is 0 Å². The van der Waals surface area contributed by atoms with Crippen LogP contribution in [0.5, 0.6) is 5.88 Å². The van der Waals surface area contributed by atoms with E-state index in [2.05, 4.69) is 36.6 Å². The maximum atomic E-state index is 13.5. The number of hydrogen-bond donors (Lipinski definition) is 3. The molecule has 2 fully saturated rings. The number of hydrogen-bond acceptors (Lipinski definition) is 7. The van der Waals surface area contributed by atoms with Crippen LogP contribution < -0.4 is 21.1 Å². The topological polar surface area (TPSA) is 119 Å². The molecule has 4 atom stereocenters. The van der Waals surface area contributed by atoms with Crippen LogP contribution in [0.3, 0.4) is 0 Å². The predicted molar refractivity (Wildman–Crippen MR) is 148 cm³/mol. The van der Waals surface area contributed by atoms with E-state index in [-0.39, 0.29) is 30.2 Å². The maximum absolute atomic E-state index is 13.5. The molecule has 1 aromatic rings. The number of thioether (sulfide) groups is 1. The Balaban J connectivity index is 1.75. The minimum absolute atomic E-state index is 0.115. The van der Waals surface area contributed by atoms with Crippen molar-refractivity contribution in [1.82, 2.24) is 15.8 Å². The molecule has 1 aromatic heterocycles. The molecule has 0 aliphatic heterocycles. The number of rotatable bonds is 13. The number of ether oxygens (including phenoxy) is 1. The summed E-state index contributed by atoms with van der Waals surface area (Å²) in [6.07, 6.45) is 9.45. The van der Waals surface area contributed by atoms with E-state index in [1.807, 2.05) is 13.8 Å². The summed E-state index contributed by atoms with van der Waals surface area (Å²) < 4.78 is 11.7. The lowest BCUT2D eigenvalue weighted by Gasteiger charge is -2.40. The molecule has 0 bridgehead atoms. The van der Waals surface area contributed by atoms with Crippen molar-refractivity contribution in [3.8, 4) is 5.88 Å². The zero-order chi connectivity index (χ0) is 27.0. The predicted octanol–water partition coefficient (Wildman–Crippen LogP) is 5.02. The van der Waals surface area contributed by atoms with Gasteiger partial charge in [-0.1, -0.05) is 46.5 Å². The van der Waals surface area contributed by atoms with Crippen LogP contribution in [0.1, 0.15) is 96.5 Å². The zero-order valence-corrected chi connectivity index (χ0v) is 24.3. The van der Waals surface area contributed by atoms with E-state index in [4.69, 9.17) is 15.0 Å². The molecule has 3 rings (SSSR count). The van der Waals surface area contributed by atoms with Gasteiger partial charge in [0.15, 0.2) is 0 Å². The number of nitrogens with two attached hydrogens (primary N) is 1. The van der Waals surface area contributed by atoms with Gasteiger partial charge in [-0.3, -0.25) is 9.59 Å². The van der Waals surface area contributed by atoms with Crippen molar-refractivity contribution in [3.05, 3.63) is 5.76 Å². The van der Waals surface area contributed by atoms with E-state index >= 15 is 0 Å². The summed E-state index contributed by atoms with van der Waals surface area (Å²) in [6.45, 7) is 11.3. The lowest BCUT2D eigenvalue weighted by atomic mass is 9.70. The van der Waals surface area contributed by atoms with Gasteiger partial charge in [-0.2, -0.15) is 0 Å². The fourth-order valence-corrected chi connectivity index (χ4v) is 7.00. The number of carbonyl (C=O) groups is 2. The molecular weight excluding hydrogens is 488 g/mol. The molecule has 4 N–H and O–H groups in total. The lowest BCUT2D eigenvalue weighted by Crippen LogP contribution is -2.48. The second-order valence-corrected chi connectivity index (χ2v) is 12.7. The van der Waals surface area contributed by atoms with E-state index in [1.54, 1.807) is 11.8 Å². The minimum atomic E-state index is -0.786. The maximum Gasteiger partial charge on any atom is 0.291 e. The average Bonchev–Trinajstić information content (AvgIpc) is 3.55. The van der Waals surface area contributed by atoms with Gasteiger partial charge in [0.25, 0.3) is 11.8 Å². The summed E-state index contributed by atoms with van der Waals surface area (Å²) in [5.41, 5.74) is 4.73. The van der Waals surface area contributed by atoms with E-state index in [0.717, 1.165) is 30.9 Å². The van der Waals surface area contributed by atoms with Gasteiger partial charge >= 0.3 is 0 Å². The molecule has 0 saturated heterocycles. The Labute approximate surface area is 227 Å². The third kappa shape index (κ3) is 7.88. The Morgan fingerprint density at radius 3 is 2.54 bits per heavy atom. The molecule has 0 spiro atoms. The molecule has 2 aliphatic rings. The van der Waals surface area contributed by atoms with Gasteiger partial charge in [0.2, 0.25) is 11.7 Å². The van der Waals surface area contributed by atoms with E-state index in [0.29, 0.717) is 41.6 Å². The van der Waals surface area contributed by atoms with Gasteiger partial charge in [-0.05, 0) is 68.4 Å². The molecule has 9 heteroatoms. The van der Waals surface area contributed by atoms with Gasteiger partial charge < -0.3 is 25.6 Å². The standard InChI is InChI=1S/C28H48N4O4S/c1-6-19-14-18(3)22(21(7-2)15-19)31-25(33)23-24(37-16-20-10-8-9-11-20)26(32-36-23)35-17-28(4,5)27(34)30-13-12-29/h18-22H,6-17,29H2,1-5H3,(H,30,34)(H,31,33). The SMILES string of the molecule is CCC1CC(C)C(NC(=O)c2onc(OCC(C)(C)C(=O)NCCN)c2SCC2CCCC2)C(CC)C1. The normalized spacial score (nSPS) is 24.7. The second kappa shape index (κ2) is 13.9. The van der Waals surface area contributed by atoms with Gasteiger partial charge in [-0.25, -0.2) is 0 Å². The average molecular weight is 537 g/mol. The lowest BCUT2D eigenvalue weighted by molar-refractivity contribution is -0.130. The smallest absolute Gasteiger partial charge is 0.291 e. The molecular formula is C28H48N4O4S. The molecule has 2 aliphatic carbocycles. The zero-order valence-electron chi connectivity index (χ0n) is 23.4. The van der Waals surface area contributed by atoms with Gasteiger partial charge in [0.1, 0.15) is 11.5 Å². The van der Waals surface area contributed by atoms with Crippen LogP contribution in [0.15, 0.2) is 9.42 Å². The van der Waals surface area contributed by atoms with Crippen LogP contribution in [0.4, 0.5) is 0 Å². The number of nitrogens with one attached hydrogen (secondary N) is 2. The highest BCUT2D eigenvalue weighted by molar-refractivity contribution is 7.99. The van der Waals surface area contributed by atoms with Crippen LogP contribution in [-0.2, 0) is 4.79 Å². The van der Waals surface area contributed by atoms with E-state index < -0.39 is 5.41 Å². The first-order chi connectivity index (χ1) is 17.7. The van der Waals surface area contributed by atoms with Crippen molar-refractivity contribution in [1.29, 1.82) is 0 Å². The Hall–Kier alpha value is -1.74. The monoisotopic (exact) mass is 536 g/mol. The van der Waals surface area contributed by atoms with Crippen molar-refractivity contribution in [2.75, 3.05) is 25.4 Å². The van der Waals surface area contributed by atoms with Crippen molar-refractivity contribution >= 4 is 23.6 Å². The molecule has 37 heavy (non-hydrogen) atoms. The summed E-state index contributed by atoms with van der Waals surface area (Å²) in [4.78, 5) is 26.7. The van der Waals surface area contributed by atoms with Crippen molar-refractivity contribution < 1.29 is 18.8 Å². The van der Waals surface area contributed by atoms with Crippen LogP contribution >= 0.6 is 11.8 Å². The molecule has 2 amide bonds. The quantitative estimate of drug-likeness (QED) is 0.303. The fourth-order valence-electron chi connectivity index (χ4n) is 5.79. The Bertz CT molecular complexity index is 884. The molecule has 1 heterocycles. The van der Waals surface area contributed by atoms with E-state index in [1.165, 1.54) is 32.1 Å². The molecule has 8 nitrogen and oxygen atoms in total. The molecule has 2 saturated carbocycles. The second-order valence-electron chi connectivity index (χ2n) is 11.7. The van der Waals surface area contributed by atoms with Crippen molar-refractivity contribution in [2.45, 2.75) is 96.9 Å². The van der Waals surface area contributed by atoms with Crippen LogP contribution in [-0.4, -0.2) is 48.5 Å². The number of aromatic nitrogens is 1. The largest absolute Gasteiger partial charge is 0.474 e. The van der Waals surface area contributed by atoms with Gasteiger partial charge in [0.05, 0.1) is 5.41 Å². The number of nitrogens with zero attached hydrogens (tertiary/aromatic N) is 1. The third-order valence-electron chi connectivity index (χ3n) is 8.24. The summed E-state index contributed by atoms with van der Waals surface area (Å²) in [5, 5.41) is 10.3. The third-order valence-corrected chi connectivity index (χ3v) is 9.53. The van der Waals surface area contributed by atoms with Crippen LogP contribution in [0.25, 0.3) is 0 Å². The summed E-state index contributed by atoms with van der Waals surface area (Å²) in [5.74, 6) is 3.27. The van der Waals surface area contributed by atoms with Crippen molar-refractivity contribution in [2.24, 2.45) is 34.8 Å². The first-order valence-corrected chi connectivity index (χ1v) is 15.2. The molecule has 0 radical (unpaired) electrons. The fraction of sp³-hybridized carbons (Fsp3) is 0.821. The van der Waals surface area contributed by atoms with Gasteiger partial charge in [-0.15, -0.1) is 11.8 Å². The highest BCUT2D eigenvalue weighted by Crippen LogP contribution is 2.40. The van der Waals surface area contributed by atoms with Crippen LogP contribution in [0, 0.1) is 29.1 Å². The Kier molecular flexibility index (Phi) is 11.2.